The minimum Gasteiger partial charge on any atom is -0.248 e. The number of allylic oxidation sites excluding steroid dienone is 4. The highest BCUT2D eigenvalue weighted by Gasteiger charge is 2.06. The molecule has 2 aromatic rings. The van der Waals surface area contributed by atoms with E-state index in [2.05, 4.69) is 61.3 Å². The average Bonchev–Trinajstić information content (AvgIpc) is 2.47. The first kappa shape index (κ1) is 13.4. The van der Waals surface area contributed by atoms with Crippen molar-refractivity contribution in [2.24, 2.45) is 0 Å². The van der Waals surface area contributed by atoms with Crippen molar-refractivity contribution in [2.75, 3.05) is 0 Å². The highest BCUT2D eigenvalue weighted by Crippen LogP contribution is 2.23. The molecule has 1 aromatic heterocycles. The number of benzene rings is 1. The smallest absolute Gasteiger partial charge is 0.0712 e. The predicted octanol–water partition coefficient (Wildman–Crippen LogP) is 4.79. The predicted molar refractivity (Wildman–Crippen MR) is 88.5 cm³/mol. The summed E-state index contributed by atoms with van der Waals surface area (Å²) in [5.41, 5.74) is 5.57. The zero-order valence-corrected chi connectivity index (χ0v) is 12.1. The van der Waals surface area contributed by atoms with Gasteiger partial charge in [-0.3, -0.25) is 0 Å². The Bertz CT molecular complexity index is 755. The maximum absolute atomic E-state index is 4.83. The van der Waals surface area contributed by atoms with Gasteiger partial charge in [0.15, 0.2) is 0 Å². The zero-order valence-electron chi connectivity index (χ0n) is 12.1. The van der Waals surface area contributed by atoms with E-state index < -0.39 is 0 Å². The lowest BCUT2D eigenvalue weighted by Crippen LogP contribution is -1.93. The molecule has 1 nitrogen and oxygen atoms in total. The van der Waals surface area contributed by atoms with E-state index in [1.807, 2.05) is 18.2 Å². The van der Waals surface area contributed by atoms with Crippen LogP contribution in [0.4, 0.5) is 0 Å². The van der Waals surface area contributed by atoms with Crippen LogP contribution in [-0.2, 0) is 0 Å². The Balaban J connectivity index is 2.05. The fourth-order valence-corrected chi connectivity index (χ4v) is 2.38. The van der Waals surface area contributed by atoms with Crippen LogP contribution in [0.3, 0.4) is 0 Å². The molecule has 0 saturated heterocycles. The molecular formula is C20H17N. The van der Waals surface area contributed by atoms with E-state index in [9.17, 15) is 0 Å². The maximum atomic E-state index is 4.83. The molecular weight excluding hydrogens is 254 g/mol. The Morgan fingerprint density at radius 1 is 0.952 bits per heavy atom. The number of hydrogen-bond acceptors (Lipinski definition) is 1. The second-order valence-electron chi connectivity index (χ2n) is 5.10. The number of rotatable bonds is 2. The number of aromatic nitrogens is 1. The Kier molecular flexibility index (Phi) is 3.98. The summed E-state index contributed by atoms with van der Waals surface area (Å²) in [6.07, 6.45) is 7.98. The summed E-state index contributed by atoms with van der Waals surface area (Å²) in [4.78, 5) is 4.83. The molecule has 0 saturated carbocycles. The molecule has 0 fully saturated rings. The standard InChI is InChI=1S/C20H17N/c1-16-14-19(17-10-6-3-2-4-7-11-17)21-20(15-16)18-12-8-5-9-13-18/h5-6,8-15H,3,7H2,1H3/b10-6-,17-11+. The van der Waals surface area contributed by atoms with Crippen LogP contribution < -0.4 is 0 Å². The Morgan fingerprint density at radius 3 is 2.57 bits per heavy atom. The highest BCUT2D eigenvalue weighted by molar-refractivity contribution is 5.74. The van der Waals surface area contributed by atoms with Gasteiger partial charge in [0.25, 0.3) is 0 Å². The average molecular weight is 271 g/mol. The van der Waals surface area contributed by atoms with Gasteiger partial charge in [-0.15, -0.1) is 0 Å². The molecule has 0 N–H and O–H groups in total. The van der Waals surface area contributed by atoms with Crippen molar-refractivity contribution < 1.29 is 0 Å². The first-order chi connectivity index (χ1) is 10.3. The van der Waals surface area contributed by atoms with Gasteiger partial charge in [-0.2, -0.15) is 0 Å². The fourth-order valence-electron chi connectivity index (χ4n) is 2.38. The SMILES string of the molecule is Cc1cc(C2=C/CC#CC/C=C\2)nc(-c2ccccc2)c1. The molecule has 1 aliphatic rings. The molecule has 0 radical (unpaired) electrons. The lowest BCUT2D eigenvalue weighted by Gasteiger charge is -2.08. The van der Waals surface area contributed by atoms with Crippen molar-refractivity contribution in [2.45, 2.75) is 19.8 Å². The van der Waals surface area contributed by atoms with Gasteiger partial charge < -0.3 is 0 Å². The van der Waals surface area contributed by atoms with Crippen molar-refractivity contribution in [1.82, 2.24) is 4.98 Å². The molecule has 0 amide bonds. The summed E-state index contributed by atoms with van der Waals surface area (Å²) in [6.45, 7) is 2.12. The molecule has 1 aliphatic carbocycles. The number of hydrogen-bond donors (Lipinski definition) is 0. The number of pyridine rings is 1. The van der Waals surface area contributed by atoms with Gasteiger partial charge in [-0.25, -0.2) is 4.98 Å². The van der Waals surface area contributed by atoms with E-state index in [-0.39, 0.29) is 0 Å². The minimum atomic E-state index is 0.788. The van der Waals surface area contributed by atoms with Gasteiger partial charge in [0, 0.05) is 18.4 Å². The van der Waals surface area contributed by atoms with Crippen LogP contribution in [0, 0.1) is 18.8 Å². The van der Waals surface area contributed by atoms with Crippen LogP contribution in [0.15, 0.2) is 60.7 Å². The van der Waals surface area contributed by atoms with E-state index >= 15 is 0 Å². The maximum Gasteiger partial charge on any atom is 0.0712 e. The summed E-state index contributed by atoms with van der Waals surface area (Å²) in [6, 6.07) is 14.6. The lowest BCUT2D eigenvalue weighted by atomic mass is 10.0. The summed E-state index contributed by atoms with van der Waals surface area (Å²) in [5, 5.41) is 0. The van der Waals surface area contributed by atoms with Crippen molar-refractivity contribution in [1.29, 1.82) is 0 Å². The Morgan fingerprint density at radius 2 is 1.71 bits per heavy atom. The quantitative estimate of drug-likeness (QED) is 0.715. The summed E-state index contributed by atoms with van der Waals surface area (Å²) >= 11 is 0. The van der Waals surface area contributed by atoms with E-state index in [0.29, 0.717) is 0 Å². The van der Waals surface area contributed by atoms with E-state index in [0.717, 1.165) is 35.4 Å². The topological polar surface area (TPSA) is 12.9 Å². The molecule has 0 bridgehead atoms. The van der Waals surface area contributed by atoms with Crippen molar-refractivity contribution in [3.8, 4) is 23.1 Å². The normalized spacial score (nSPS) is 17.7. The van der Waals surface area contributed by atoms with Gasteiger partial charge in [0.2, 0.25) is 0 Å². The third-order valence-corrected chi connectivity index (χ3v) is 3.40. The summed E-state index contributed by atoms with van der Waals surface area (Å²) < 4.78 is 0. The first-order valence-corrected chi connectivity index (χ1v) is 7.20. The number of nitrogens with zero attached hydrogens (tertiary/aromatic N) is 1. The van der Waals surface area contributed by atoms with Crippen LogP contribution >= 0.6 is 0 Å². The molecule has 21 heavy (non-hydrogen) atoms. The van der Waals surface area contributed by atoms with Gasteiger partial charge >= 0.3 is 0 Å². The van der Waals surface area contributed by atoms with E-state index in [1.54, 1.807) is 0 Å². The molecule has 1 heterocycles. The van der Waals surface area contributed by atoms with Gasteiger partial charge in [0.05, 0.1) is 11.4 Å². The number of aryl methyl sites for hydroxylation is 1. The lowest BCUT2D eigenvalue weighted by molar-refractivity contribution is 1.24. The molecule has 3 rings (SSSR count). The Hall–Kier alpha value is -2.59. The monoisotopic (exact) mass is 271 g/mol. The molecule has 0 aliphatic heterocycles. The van der Waals surface area contributed by atoms with Crippen molar-refractivity contribution in [3.63, 3.8) is 0 Å². The van der Waals surface area contributed by atoms with Crippen molar-refractivity contribution in [3.05, 3.63) is 72.0 Å². The molecule has 0 atom stereocenters. The first-order valence-electron chi connectivity index (χ1n) is 7.20. The Labute approximate surface area is 126 Å². The fraction of sp³-hybridized carbons (Fsp3) is 0.150. The molecule has 0 spiro atoms. The van der Waals surface area contributed by atoms with Crippen LogP contribution in [0.25, 0.3) is 16.8 Å². The van der Waals surface area contributed by atoms with Gasteiger partial charge in [0.1, 0.15) is 0 Å². The second kappa shape index (κ2) is 6.24. The van der Waals surface area contributed by atoms with Crippen molar-refractivity contribution >= 4 is 5.57 Å². The molecule has 0 unspecified atom stereocenters. The zero-order chi connectivity index (χ0) is 14.5. The third-order valence-electron chi connectivity index (χ3n) is 3.40. The van der Waals surface area contributed by atoms with E-state index in [1.165, 1.54) is 5.56 Å². The third kappa shape index (κ3) is 3.30. The largest absolute Gasteiger partial charge is 0.248 e. The highest BCUT2D eigenvalue weighted by atomic mass is 14.7. The van der Waals surface area contributed by atoms with Gasteiger partial charge in [-0.1, -0.05) is 60.4 Å². The summed E-state index contributed by atoms with van der Waals surface area (Å²) in [5.74, 6) is 6.25. The van der Waals surface area contributed by atoms with Crippen LogP contribution in [0.2, 0.25) is 0 Å². The van der Waals surface area contributed by atoms with Crippen LogP contribution in [0.5, 0.6) is 0 Å². The molecule has 102 valence electrons. The second-order valence-corrected chi connectivity index (χ2v) is 5.10. The van der Waals surface area contributed by atoms with Gasteiger partial charge in [-0.05, 0) is 30.2 Å². The minimum absolute atomic E-state index is 0.788. The molecule has 1 aromatic carbocycles. The van der Waals surface area contributed by atoms with E-state index in [4.69, 9.17) is 4.98 Å². The van der Waals surface area contributed by atoms with Crippen LogP contribution in [-0.4, -0.2) is 4.98 Å². The molecule has 1 heteroatoms. The summed E-state index contributed by atoms with van der Waals surface area (Å²) in [7, 11) is 0. The van der Waals surface area contributed by atoms with Crippen LogP contribution in [0.1, 0.15) is 24.1 Å².